The molecule has 0 saturated carbocycles. The average molecular weight is 300 g/mol. The molecular weight excluding hydrogens is 286 g/mol. The Morgan fingerprint density at radius 1 is 1.53 bits per heavy atom. The van der Waals surface area contributed by atoms with Gasteiger partial charge in [0.2, 0.25) is 5.89 Å². The third kappa shape index (κ3) is 2.92. The first kappa shape index (κ1) is 12.3. The second kappa shape index (κ2) is 5.42. The molecule has 0 bridgehead atoms. The molecule has 0 aromatic carbocycles. The zero-order valence-electron chi connectivity index (χ0n) is 9.77. The predicted octanol–water partition coefficient (Wildman–Crippen LogP) is 1.21. The highest BCUT2D eigenvalue weighted by Crippen LogP contribution is 2.19. The van der Waals surface area contributed by atoms with Gasteiger partial charge in [0.15, 0.2) is 6.33 Å². The van der Waals surface area contributed by atoms with Crippen LogP contribution in [0.25, 0.3) is 0 Å². The number of nitrogens with one attached hydrogen (secondary N) is 1. The lowest BCUT2D eigenvalue weighted by Gasteiger charge is -2.04. The van der Waals surface area contributed by atoms with Crippen LogP contribution in [0, 0.1) is 6.92 Å². The molecule has 1 N–H and O–H groups in total. The summed E-state index contributed by atoms with van der Waals surface area (Å²) < 4.78 is 7.84. The van der Waals surface area contributed by atoms with Gasteiger partial charge in [-0.15, -0.1) is 0 Å². The largest absolute Gasteiger partial charge is 0.340 e. The average Bonchev–Trinajstić information content (AvgIpc) is 2.87. The molecule has 0 aliphatic rings. The molecule has 2 aromatic heterocycles. The van der Waals surface area contributed by atoms with E-state index in [1.165, 1.54) is 6.33 Å². The van der Waals surface area contributed by atoms with E-state index in [1.54, 1.807) is 0 Å². The fourth-order valence-electron chi connectivity index (χ4n) is 1.58. The number of rotatable bonds is 5. The Morgan fingerprint density at radius 2 is 2.35 bits per heavy atom. The van der Waals surface area contributed by atoms with Gasteiger partial charge in [-0.05, 0) is 22.9 Å². The quantitative estimate of drug-likeness (QED) is 0.841. The Kier molecular flexibility index (Phi) is 3.90. The zero-order valence-corrected chi connectivity index (χ0v) is 11.4. The van der Waals surface area contributed by atoms with E-state index in [4.69, 9.17) is 4.52 Å². The van der Waals surface area contributed by atoms with Crippen molar-refractivity contribution in [3.05, 3.63) is 28.1 Å². The van der Waals surface area contributed by atoms with Crippen molar-refractivity contribution >= 4 is 15.9 Å². The highest BCUT2D eigenvalue weighted by Gasteiger charge is 2.09. The second-order valence-corrected chi connectivity index (χ2v) is 4.52. The normalized spacial score (nSPS) is 11.0. The first-order valence-electron chi connectivity index (χ1n) is 5.32. The second-order valence-electron chi connectivity index (χ2n) is 3.73. The van der Waals surface area contributed by atoms with Crippen LogP contribution in [0.1, 0.15) is 17.3 Å². The van der Waals surface area contributed by atoms with Crippen molar-refractivity contribution in [1.82, 2.24) is 25.2 Å². The van der Waals surface area contributed by atoms with E-state index in [1.807, 2.05) is 18.7 Å². The molecular formula is C10H14BrN5O. The first-order chi connectivity index (χ1) is 8.18. The van der Waals surface area contributed by atoms with Gasteiger partial charge in [0.1, 0.15) is 0 Å². The summed E-state index contributed by atoms with van der Waals surface area (Å²) in [4.78, 5) is 3.96. The molecule has 0 aliphatic heterocycles. The summed E-state index contributed by atoms with van der Waals surface area (Å²) in [5, 5.41) is 11.2. The molecule has 17 heavy (non-hydrogen) atoms. The summed E-state index contributed by atoms with van der Waals surface area (Å²) in [5.41, 5.74) is 2.13. The fourth-order valence-corrected chi connectivity index (χ4v) is 2.06. The number of hydrogen-bond acceptors (Lipinski definition) is 5. The van der Waals surface area contributed by atoms with Gasteiger partial charge in [-0.25, -0.2) is 0 Å². The van der Waals surface area contributed by atoms with Crippen molar-refractivity contribution < 1.29 is 4.52 Å². The molecule has 0 atom stereocenters. The summed E-state index contributed by atoms with van der Waals surface area (Å²) in [6.07, 6.45) is 2.14. The molecule has 0 radical (unpaired) electrons. The first-order valence-corrected chi connectivity index (χ1v) is 6.12. The smallest absolute Gasteiger partial charge is 0.227 e. The van der Waals surface area contributed by atoms with Crippen LogP contribution >= 0.6 is 15.9 Å². The maximum absolute atomic E-state index is 4.91. The Labute approximate surface area is 108 Å². The SMILES string of the molecule is Cc1nn(C)c(CNCCc2ncno2)c1Br. The zero-order chi connectivity index (χ0) is 12.3. The minimum Gasteiger partial charge on any atom is -0.340 e. The lowest BCUT2D eigenvalue weighted by Crippen LogP contribution is -2.19. The minimum atomic E-state index is 0.651. The highest BCUT2D eigenvalue weighted by atomic mass is 79.9. The Hall–Kier alpha value is -1.21. The van der Waals surface area contributed by atoms with Crippen LogP contribution in [-0.4, -0.2) is 26.5 Å². The van der Waals surface area contributed by atoms with Crippen molar-refractivity contribution in [1.29, 1.82) is 0 Å². The molecule has 0 amide bonds. The van der Waals surface area contributed by atoms with E-state index in [2.05, 4.69) is 36.5 Å². The summed E-state index contributed by atoms with van der Waals surface area (Å²) in [7, 11) is 1.94. The third-order valence-electron chi connectivity index (χ3n) is 2.48. The molecule has 0 aliphatic carbocycles. The van der Waals surface area contributed by atoms with Gasteiger partial charge in [0, 0.05) is 26.6 Å². The van der Waals surface area contributed by atoms with E-state index in [-0.39, 0.29) is 0 Å². The summed E-state index contributed by atoms with van der Waals surface area (Å²) in [6.45, 7) is 3.52. The van der Waals surface area contributed by atoms with Crippen molar-refractivity contribution in [2.24, 2.45) is 7.05 Å². The predicted molar refractivity (Wildman–Crippen MR) is 65.4 cm³/mol. The molecule has 0 fully saturated rings. The van der Waals surface area contributed by atoms with Gasteiger partial charge in [-0.3, -0.25) is 4.68 Å². The van der Waals surface area contributed by atoms with Gasteiger partial charge in [-0.2, -0.15) is 10.1 Å². The Morgan fingerprint density at radius 3 is 2.94 bits per heavy atom. The summed E-state index contributed by atoms with van der Waals surface area (Å²) >= 11 is 3.53. The van der Waals surface area contributed by atoms with Gasteiger partial charge < -0.3 is 9.84 Å². The molecule has 0 unspecified atom stereocenters. The monoisotopic (exact) mass is 299 g/mol. The van der Waals surface area contributed by atoms with Crippen LogP contribution in [0.3, 0.4) is 0 Å². The molecule has 2 rings (SSSR count). The van der Waals surface area contributed by atoms with Crippen LogP contribution in [0.4, 0.5) is 0 Å². The number of hydrogen-bond donors (Lipinski definition) is 1. The Balaban J connectivity index is 1.82. The van der Waals surface area contributed by atoms with E-state index < -0.39 is 0 Å². The van der Waals surface area contributed by atoms with Crippen molar-refractivity contribution in [2.45, 2.75) is 19.9 Å². The van der Waals surface area contributed by atoms with Gasteiger partial charge >= 0.3 is 0 Å². The number of aryl methyl sites for hydroxylation is 2. The molecule has 6 nitrogen and oxygen atoms in total. The van der Waals surface area contributed by atoms with Crippen molar-refractivity contribution in [2.75, 3.05) is 6.54 Å². The highest BCUT2D eigenvalue weighted by molar-refractivity contribution is 9.10. The number of halogens is 1. The van der Waals surface area contributed by atoms with E-state index in [0.717, 1.165) is 35.4 Å². The summed E-state index contributed by atoms with van der Waals surface area (Å²) in [6, 6.07) is 0. The van der Waals surface area contributed by atoms with Crippen LogP contribution in [0.15, 0.2) is 15.3 Å². The molecule has 2 heterocycles. The van der Waals surface area contributed by atoms with Crippen LogP contribution < -0.4 is 5.32 Å². The van der Waals surface area contributed by atoms with Gasteiger partial charge in [0.25, 0.3) is 0 Å². The number of aromatic nitrogens is 4. The molecule has 7 heteroatoms. The third-order valence-corrected chi connectivity index (χ3v) is 3.51. The molecule has 92 valence electrons. The molecule has 0 spiro atoms. The van der Waals surface area contributed by atoms with Crippen molar-refractivity contribution in [3.8, 4) is 0 Å². The fraction of sp³-hybridized carbons (Fsp3) is 0.500. The van der Waals surface area contributed by atoms with Crippen molar-refractivity contribution in [3.63, 3.8) is 0 Å². The van der Waals surface area contributed by atoms with E-state index >= 15 is 0 Å². The molecule has 0 saturated heterocycles. The van der Waals surface area contributed by atoms with Gasteiger partial charge in [0.05, 0.1) is 15.9 Å². The number of nitrogens with zero attached hydrogens (tertiary/aromatic N) is 4. The van der Waals surface area contributed by atoms with Crippen LogP contribution in [0.2, 0.25) is 0 Å². The van der Waals surface area contributed by atoms with E-state index in [9.17, 15) is 0 Å². The van der Waals surface area contributed by atoms with Gasteiger partial charge in [-0.1, -0.05) is 5.16 Å². The topological polar surface area (TPSA) is 68.8 Å². The molecule has 2 aromatic rings. The van der Waals surface area contributed by atoms with Crippen LogP contribution in [-0.2, 0) is 20.0 Å². The Bertz CT molecular complexity index is 479. The lowest BCUT2D eigenvalue weighted by molar-refractivity contribution is 0.374. The van der Waals surface area contributed by atoms with E-state index in [0.29, 0.717) is 5.89 Å². The lowest BCUT2D eigenvalue weighted by atomic mass is 10.3. The minimum absolute atomic E-state index is 0.651. The van der Waals surface area contributed by atoms with Crippen LogP contribution in [0.5, 0.6) is 0 Å². The summed E-state index contributed by atoms with van der Waals surface area (Å²) in [5.74, 6) is 0.651. The maximum Gasteiger partial charge on any atom is 0.227 e. The standard InChI is InChI=1S/C10H14BrN5O/c1-7-10(11)8(16(2)15-7)5-12-4-3-9-13-6-14-17-9/h6,12H,3-5H2,1-2H3. The maximum atomic E-state index is 4.91.